The maximum Gasteiger partial charge on any atom is 0.261 e. The third-order valence-corrected chi connectivity index (χ3v) is 10.4. The minimum absolute atomic E-state index is 0.0999. The predicted octanol–water partition coefficient (Wildman–Crippen LogP) is 4.86. The molecule has 2 rings (SSSR count). The van der Waals surface area contributed by atoms with E-state index in [9.17, 15) is 39.9 Å². The summed E-state index contributed by atoms with van der Waals surface area (Å²) in [7, 11) is 3.10. The van der Waals surface area contributed by atoms with E-state index in [4.69, 9.17) is 9.47 Å². The van der Waals surface area contributed by atoms with Crippen molar-refractivity contribution in [1.29, 1.82) is 0 Å². The summed E-state index contributed by atoms with van der Waals surface area (Å²) in [6.45, 7) is 13.1. The molecule has 0 radical (unpaired) electrons. The highest BCUT2D eigenvalue weighted by atomic mass is 16.6. The molecule has 0 aromatic rings. The molecule has 12 nitrogen and oxygen atoms in total. The monoisotopic (exact) mass is 780 g/mol. The molecule has 310 valence electrons. The second-order valence-corrected chi connectivity index (χ2v) is 15.0. The van der Waals surface area contributed by atoms with Gasteiger partial charge >= 0.3 is 0 Å². The summed E-state index contributed by atoms with van der Waals surface area (Å²) in [5.74, 6) is -4.89. The standard InChI is InChI=1S/C44H64N2O10/c1-10-12-16-24-36-43(6,7)35(49)28-44(54,56-36)32(11-2)41(52)45-26-20-19-22-30(4)40(55-9)31(5)39(51)34(48)23-18-15-13-14-17-21-29(3)38(50)37-33(47)25-27-46(8)42(37)53/h10,12-24,31-32,34-36,39-40,48-51,54H,11,25-28H2,1-9H3,(H,45,52). The number of hydrogen-bond acceptors (Lipinski definition) is 10. The molecule has 0 bridgehead atoms. The molecular weight excluding hydrogens is 716 g/mol. The van der Waals surface area contributed by atoms with Crippen LogP contribution in [0.2, 0.25) is 0 Å². The number of nitrogens with zero attached hydrogens (tertiary/aromatic N) is 1. The van der Waals surface area contributed by atoms with E-state index in [1.807, 2.05) is 39.8 Å². The fraction of sp³-hybridized carbons (Fsp3) is 0.523. The van der Waals surface area contributed by atoms with Crippen molar-refractivity contribution < 1.29 is 49.4 Å². The Morgan fingerprint density at radius 1 is 1.05 bits per heavy atom. The third kappa shape index (κ3) is 12.9. The molecule has 2 aliphatic rings. The second-order valence-electron chi connectivity index (χ2n) is 15.0. The Hall–Kier alpha value is -4.17. The zero-order valence-electron chi connectivity index (χ0n) is 34.4. The highest BCUT2D eigenvalue weighted by Gasteiger charge is 2.54. The molecule has 2 aliphatic heterocycles. The largest absolute Gasteiger partial charge is 0.507 e. The number of ketones is 1. The van der Waals surface area contributed by atoms with Crippen LogP contribution in [0, 0.1) is 17.3 Å². The molecule has 6 N–H and O–H groups in total. The lowest BCUT2D eigenvalue weighted by atomic mass is 9.72. The number of piperidine rings is 1. The summed E-state index contributed by atoms with van der Waals surface area (Å²) in [4.78, 5) is 39.1. The fourth-order valence-electron chi connectivity index (χ4n) is 6.62. The van der Waals surface area contributed by atoms with Gasteiger partial charge in [-0.15, -0.1) is 0 Å². The van der Waals surface area contributed by atoms with Crippen molar-refractivity contribution in [3.8, 4) is 0 Å². The van der Waals surface area contributed by atoms with Gasteiger partial charge in [0.15, 0.2) is 11.6 Å². The number of ether oxygens (including phenoxy) is 2. The van der Waals surface area contributed by atoms with Crippen molar-refractivity contribution in [2.75, 3.05) is 27.2 Å². The van der Waals surface area contributed by atoms with E-state index in [0.717, 1.165) is 5.57 Å². The number of aliphatic hydroxyl groups is 5. The van der Waals surface area contributed by atoms with Crippen LogP contribution in [0.1, 0.15) is 67.7 Å². The predicted molar refractivity (Wildman–Crippen MR) is 218 cm³/mol. The minimum Gasteiger partial charge on any atom is -0.507 e. The van der Waals surface area contributed by atoms with E-state index in [-0.39, 0.29) is 36.5 Å². The first-order valence-electron chi connectivity index (χ1n) is 19.2. The number of methoxy groups -OCH3 is 1. The van der Waals surface area contributed by atoms with E-state index in [2.05, 4.69) is 5.32 Å². The average molecular weight is 781 g/mol. The van der Waals surface area contributed by atoms with Crippen LogP contribution >= 0.6 is 0 Å². The van der Waals surface area contributed by atoms with Gasteiger partial charge in [0, 0.05) is 51.4 Å². The van der Waals surface area contributed by atoms with Crippen molar-refractivity contribution in [3.05, 3.63) is 108 Å². The van der Waals surface area contributed by atoms with Crippen LogP contribution in [-0.2, 0) is 23.9 Å². The molecule has 0 aromatic heterocycles. The van der Waals surface area contributed by atoms with Crippen molar-refractivity contribution in [1.82, 2.24) is 10.2 Å². The average Bonchev–Trinajstić information content (AvgIpc) is 3.14. The lowest BCUT2D eigenvalue weighted by Gasteiger charge is -2.50. The maximum atomic E-state index is 13.2. The van der Waals surface area contributed by atoms with E-state index in [1.165, 1.54) is 18.1 Å². The van der Waals surface area contributed by atoms with E-state index < -0.39 is 65.4 Å². The van der Waals surface area contributed by atoms with Crippen LogP contribution in [0.25, 0.3) is 0 Å². The van der Waals surface area contributed by atoms with Gasteiger partial charge in [-0.25, -0.2) is 0 Å². The van der Waals surface area contributed by atoms with Crippen LogP contribution in [0.15, 0.2) is 108 Å². The number of likely N-dealkylation sites (tertiary alicyclic amines) is 1. The van der Waals surface area contributed by atoms with Crippen LogP contribution in [-0.4, -0.2) is 112 Å². The Kier molecular flexibility index (Phi) is 19.3. The zero-order chi connectivity index (χ0) is 42.2. The van der Waals surface area contributed by atoms with Gasteiger partial charge in [0.1, 0.15) is 11.3 Å². The molecule has 56 heavy (non-hydrogen) atoms. The Morgan fingerprint density at radius 3 is 2.36 bits per heavy atom. The molecule has 2 amide bonds. The van der Waals surface area contributed by atoms with Crippen molar-refractivity contribution in [3.63, 3.8) is 0 Å². The Morgan fingerprint density at radius 2 is 1.71 bits per heavy atom. The number of aliphatic hydroxyl groups excluding tert-OH is 4. The molecule has 8 atom stereocenters. The van der Waals surface area contributed by atoms with Crippen LogP contribution in [0.4, 0.5) is 0 Å². The summed E-state index contributed by atoms with van der Waals surface area (Å²) >= 11 is 0. The van der Waals surface area contributed by atoms with Gasteiger partial charge in [0.2, 0.25) is 5.91 Å². The summed E-state index contributed by atoms with van der Waals surface area (Å²) in [5.41, 5.74) is 0.270. The van der Waals surface area contributed by atoms with Gasteiger partial charge < -0.3 is 45.2 Å². The highest BCUT2D eigenvalue weighted by Crippen LogP contribution is 2.44. The molecule has 2 heterocycles. The normalized spacial score (nSPS) is 26.6. The minimum atomic E-state index is -1.85. The van der Waals surface area contributed by atoms with E-state index >= 15 is 0 Å². The molecule has 12 heteroatoms. The van der Waals surface area contributed by atoms with Gasteiger partial charge in [-0.2, -0.15) is 0 Å². The van der Waals surface area contributed by atoms with Gasteiger partial charge in [-0.3, -0.25) is 14.4 Å². The van der Waals surface area contributed by atoms with Crippen LogP contribution < -0.4 is 5.32 Å². The Bertz CT molecular complexity index is 1630. The fourth-order valence-corrected chi connectivity index (χ4v) is 6.62. The first-order chi connectivity index (χ1) is 26.4. The third-order valence-electron chi connectivity index (χ3n) is 10.4. The van der Waals surface area contributed by atoms with Crippen molar-refractivity contribution >= 4 is 17.6 Å². The summed E-state index contributed by atoms with van der Waals surface area (Å²) in [5, 5.41) is 57.3. The number of carbonyl (C=O) groups excluding carboxylic acids is 3. The Balaban J connectivity index is 1.96. The Labute approximate surface area is 332 Å². The molecule has 0 saturated carbocycles. The number of Topliss-reactive ketones (excluding diaryl/α,β-unsaturated/α-hetero) is 1. The van der Waals surface area contributed by atoms with Crippen molar-refractivity contribution in [2.24, 2.45) is 17.3 Å². The number of hydrogen-bond donors (Lipinski definition) is 6. The number of allylic oxidation sites excluding steroid dienone is 12. The topological polar surface area (TPSA) is 186 Å². The lowest BCUT2D eigenvalue weighted by Crippen LogP contribution is -2.60. The first-order valence-corrected chi connectivity index (χ1v) is 19.2. The van der Waals surface area contributed by atoms with Gasteiger partial charge in [0.05, 0.1) is 36.4 Å². The summed E-state index contributed by atoms with van der Waals surface area (Å²) in [6, 6.07) is 0. The smallest absolute Gasteiger partial charge is 0.261 e. The molecule has 8 unspecified atom stereocenters. The molecule has 0 spiro atoms. The van der Waals surface area contributed by atoms with Crippen molar-refractivity contribution in [2.45, 2.75) is 104 Å². The zero-order valence-corrected chi connectivity index (χ0v) is 34.4. The molecular formula is C44H64N2O10. The molecule has 0 aliphatic carbocycles. The first kappa shape index (κ1) is 48.0. The van der Waals surface area contributed by atoms with Gasteiger partial charge in [-0.1, -0.05) is 113 Å². The quantitative estimate of drug-likeness (QED) is 0.0486. The van der Waals surface area contributed by atoms with E-state index in [1.54, 1.807) is 94.7 Å². The summed E-state index contributed by atoms with van der Waals surface area (Å²) < 4.78 is 11.8. The highest BCUT2D eigenvalue weighted by molar-refractivity contribution is 6.21. The van der Waals surface area contributed by atoms with Gasteiger partial charge in [-0.05, 0) is 38.3 Å². The summed E-state index contributed by atoms with van der Waals surface area (Å²) in [6.07, 6.45) is 19.8. The van der Waals surface area contributed by atoms with Crippen LogP contribution in [0.3, 0.4) is 0 Å². The second kappa shape index (κ2) is 22.5. The number of amides is 2. The van der Waals surface area contributed by atoms with E-state index in [0.29, 0.717) is 18.5 Å². The maximum absolute atomic E-state index is 13.2. The number of carbonyl (C=O) groups is 3. The SMILES string of the molecule is CC=CC=CC1OC(O)(C(CC)C(=O)NCC=CC=C(C)C(OC)C(C)C(O)C(O)C=CC=CC=CC=C(C)C(O)=C2C(=O)CCN(C)C2=O)CC(O)C1(C)C. The molecule has 2 fully saturated rings. The number of nitrogens with one attached hydrogen (secondary N) is 1. The molecule has 2 saturated heterocycles. The number of rotatable bonds is 18. The molecule has 0 aromatic carbocycles. The van der Waals surface area contributed by atoms with Crippen LogP contribution in [0.5, 0.6) is 0 Å². The number of likely N-dealkylation sites (N-methyl/N-ethyl adjacent to an activating group) is 1. The van der Waals surface area contributed by atoms with Gasteiger partial charge in [0.25, 0.3) is 5.91 Å². The lowest BCUT2D eigenvalue weighted by molar-refractivity contribution is -0.314.